The van der Waals surface area contributed by atoms with Crippen LogP contribution in [0, 0.1) is 17.8 Å². The molecule has 0 aliphatic heterocycles. The van der Waals surface area contributed by atoms with Gasteiger partial charge in [0.25, 0.3) is 0 Å². The van der Waals surface area contributed by atoms with Crippen molar-refractivity contribution >= 4 is 106 Å². The number of phosphoric acid groups is 6. The summed E-state index contributed by atoms with van der Waals surface area (Å²) in [6.45, 7) is 29.1. The Balaban J connectivity index is -0.0000000591. The second-order valence-corrected chi connectivity index (χ2v) is 27.2. The lowest BCUT2D eigenvalue weighted by Gasteiger charge is -2.14. The summed E-state index contributed by atoms with van der Waals surface area (Å²) in [7, 11) is -26.9. The number of phosphoric ester groups is 6. The monoisotopic (exact) mass is 1770 g/mol. The summed E-state index contributed by atoms with van der Waals surface area (Å²) in [5, 5.41) is 0. The highest BCUT2D eigenvalue weighted by molar-refractivity contribution is 7.48. The molecule has 0 fully saturated rings. The van der Waals surface area contributed by atoms with Gasteiger partial charge in [-0.1, -0.05) is 164 Å². The molecule has 0 saturated heterocycles. The largest absolute Gasteiger partial charge is 0.473 e. The number of esters is 9. The van der Waals surface area contributed by atoms with Crippen LogP contribution in [-0.2, 0) is 154 Å². The van der Waals surface area contributed by atoms with Crippen LogP contribution in [0.1, 0.15) is 172 Å². The van der Waals surface area contributed by atoms with Crippen molar-refractivity contribution in [3.8, 4) is 0 Å². The first-order valence-corrected chi connectivity index (χ1v) is 36.8. The molecule has 0 bridgehead atoms. The smallest absolute Gasteiger partial charge is 0.463 e. The fraction of sp³-hybridized carbons (Fsp3) is 0.683. The van der Waals surface area contributed by atoms with Crippen molar-refractivity contribution in [3.63, 3.8) is 0 Å². The molecule has 0 aromatic heterocycles. The quantitative estimate of drug-likeness (QED) is 0.00678. The van der Waals surface area contributed by atoms with E-state index in [9.17, 15) is 85.1 Å². The van der Waals surface area contributed by atoms with Crippen LogP contribution in [0.15, 0.2) is 60.8 Å². The Bertz CT molecular complexity index is 2870. The van der Waals surface area contributed by atoms with Gasteiger partial charge in [-0.15, -0.1) is 0 Å². The summed E-state index contributed by atoms with van der Waals surface area (Å²) >= 11 is 0. The highest BCUT2D eigenvalue weighted by Crippen LogP contribution is 2.44. The molecule has 0 radical (unpaired) electrons. The number of hydrogen-bond acceptors (Lipinski definition) is 33. The Morgan fingerprint density at radius 2 is 0.527 bits per heavy atom. The van der Waals surface area contributed by atoms with Crippen molar-refractivity contribution in [1.29, 1.82) is 0 Å². The molecule has 0 amide bonds. The number of rotatable bonds is 42. The molecular weight excluding hydrogens is 1630 g/mol. The Morgan fingerprint density at radius 3 is 0.777 bits per heavy atom. The van der Waals surface area contributed by atoms with E-state index in [0.717, 1.165) is 0 Å². The lowest BCUT2D eigenvalue weighted by Crippen LogP contribution is -2.20. The second kappa shape index (κ2) is 80.4. The van der Waals surface area contributed by atoms with Crippen molar-refractivity contribution in [3.05, 3.63) is 60.8 Å². The molecule has 0 aliphatic carbocycles. The van der Waals surface area contributed by atoms with E-state index in [-0.39, 0.29) is 201 Å². The molecular formula is C63H138O43P6. The predicted molar refractivity (Wildman–Crippen MR) is 418 cm³/mol. The summed E-state index contributed by atoms with van der Waals surface area (Å²) in [5.41, 5.74) is 1.02. The number of carbonyl (C=O) groups is 10. The molecule has 0 aliphatic rings. The zero-order valence-corrected chi connectivity index (χ0v) is 61.9. The number of hydrogen-bond donors (Lipinski definition) is 10. The zero-order chi connectivity index (χ0) is 79.6. The summed E-state index contributed by atoms with van der Waals surface area (Å²) in [6.07, 6.45) is -0.821. The van der Waals surface area contributed by atoms with Crippen molar-refractivity contribution in [2.45, 2.75) is 178 Å². The molecule has 2 unspecified atom stereocenters. The van der Waals surface area contributed by atoms with Gasteiger partial charge in [-0.25, -0.2) is 56.2 Å². The molecule has 0 saturated carbocycles. The van der Waals surface area contributed by atoms with Crippen LogP contribution >= 0.6 is 46.9 Å². The molecule has 112 heavy (non-hydrogen) atoms. The third-order valence-corrected chi connectivity index (χ3v) is 12.5. The van der Waals surface area contributed by atoms with Crippen molar-refractivity contribution < 1.29 is 203 Å². The van der Waals surface area contributed by atoms with Gasteiger partial charge in [-0.3, -0.25) is 55.4 Å². The van der Waals surface area contributed by atoms with Gasteiger partial charge in [0.2, 0.25) is 6.79 Å². The predicted octanol–water partition coefficient (Wildman–Crippen LogP) is 10.9. The topological polar surface area (TPSA) is 632 Å². The highest BCUT2D eigenvalue weighted by Gasteiger charge is 2.27. The molecule has 0 rings (SSSR count). The van der Waals surface area contributed by atoms with Crippen LogP contribution < -0.4 is 0 Å². The summed E-state index contributed by atoms with van der Waals surface area (Å²) < 4.78 is 139. The van der Waals surface area contributed by atoms with Gasteiger partial charge in [0.15, 0.2) is 25.6 Å². The maximum atomic E-state index is 11.5. The van der Waals surface area contributed by atoms with Crippen LogP contribution in [0.5, 0.6) is 0 Å². The van der Waals surface area contributed by atoms with E-state index in [2.05, 4.69) is 107 Å². The third kappa shape index (κ3) is 113. The van der Waals surface area contributed by atoms with Crippen LogP contribution in [0.4, 0.5) is 0 Å². The average molecular weight is 1770 g/mol. The zero-order valence-electron chi connectivity index (χ0n) is 56.6. The fourth-order valence-corrected chi connectivity index (χ4v) is 6.52. The van der Waals surface area contributed by atoms with Gasteiger partial charge in [0.05, 0.1) is 50.8 Å². The van der Waals surface area contributed by atoms with Gasteiger partial charge >= 0.3 is 101 Å². The molecule has 49 heteroatoms. The standard InChI is InChI=1S/C14H21O11P.C12H19O8P.C7H15O6P.C6H13O6P.2C6H11O6P.12CH4/c1-9(2)11(15)5-21-12(16)6-24-26(19,20)25-7-13(17)22-8-23-14(18)10(3)4;1-9(2)11(13)17-5-7-19-21(15,16)20-8-6-18-12(14)10(3)4;1-5(2)7(8)12-4-6(3)13-14(9,10)11;3*1-5(2)6(7)11-3-4-12-13(8,9)10;;;;;;;;;;;;/h10H,1,5-8H2,2-4H3,(H,19,20);1,3,5-8H2,2,4H3,(H,15,16);5-6H,4H2,1-3H3,(H2,9,10,11);5H,3-4H2,1-2H3,(H2,8,9,10);2*1,3-4H2,2H3,(H2,8,9,10);12*1H4. The van der Waals surface area contributed by atoms with Crippen molar-refractivity contribution in [2.75, 3.05) is 99.3 Å². The van der Waals surface area contributed by atoms with Gasteiger partial charge < -0.3 is 91.6 Å². The average Bonchev–Trinajstić information content (AvgIpc) is 0.915. The minimum Gasteiger partial charge on any atom is -0.463 e. The van der Waals surface area contributed by atoms with E-state index in [4.69, 9.17) is 43.9 Å². The first-order chi connectivity index (χ1) is 45.3. The Kier molecular flexibility index (Phi) is 109. The van der Waals surface area contributed by atoms with Gasteiger partial charge in [0.1, 0.15) is 45.7 Å². The summed E-state index contributed by atoms with van der Waals surface area (Å²) in [5.74, 6) is -7.59. The molecule has 2 atom stereocenters. The minimum atomic E-state index is -4.75. The maximum absolute atomic E-state index is 11.5. The number of Topliss-reactive ketones (excluding diaryl/α,β-unsaturated/α-hetero) is 1. The van der Waals surface area contributed by atoms with E-state index < -0.39 is 145 Å². The lowest BCUT2D eigenvalue weighted by molar-refractivity contribution is -0.171. The van der Waals surface area contributed by atoms with E-state index in [1.54, 1.807) is 41.5 Å². The Labute approximate surface area is 663 Å². The fourth-order valence-electron chi connectivity index (χ4n) is 3.76. The minimum absolute atomic E-state index is 0. The van der Waals surface area contributed by atoms with Crippen LogP contribution in [0.25, 0.3) is 0 Å². The molecule has 0 heterocycles. The molecule has 10 N–H and O–H groups in total. The molecule has 43 nitrogen and oxygen atoms in total. The number of carbonyl (C=O) groups excluding carboxylic acids is 10. The lowest BCUT2D eigenvalue weighted by atomic mass is 10.2. The first kappa shape index (κ1) is 151. The summed E-state index contributed by atoms with van der Waals surface area (Å²) in [4.78, 5) is 195. The highest BCUT2D eigenvalue weighted by atomic mass is 31.2. The SMILES string of the molecule is C.C.C.C.C.C.C.C.C.C.C.C.C=C(C)C(=O)COC(=O)COP(=O)(O)OCC(=O)OCOC(=O)C(C)C.C=C(C)C(=O)OCCOP(=O)(O)O.C=C(C)C(=O)OCCOP(=O)(O)O.C=C(C)C(=O)OCCOP(=O)(O)OCCOC(=O)C(=C)C.CC(C)C(=O)OCCOP(=O)(O)O.CC(COC(=O)C(C)C)OP(=O)(O)O. The van der Waals surface area contributed by atoms with Crippen LogP contribution in [0.2, 0.25) is 0 Å². The third-order valence-electron chi connectivity index (χ3n) is 8.42. The van der Waals surface area contributed by atoms with Gasteiger partial charge in [-0.2, -0.15) is 0 Å². The Morgan fingerprint density at radius 1 is 0.286 bits per heavy atom. The van der Waals surface area contributed by atoms with Crippen LogP contribution in [-0.4, -0.2) is 214 Å². The van der Waals surface area contributed by atoms with E-state index in [1.165, 1.54) is 41.5 Å². The van der Waals surface area contributed by atoms with Gasteiger partial charge in [0, 0.05) is 22.3 Å². The molecule has 0 aromatic carbocycles. The van der Waals surface area contributed by atoms with Crippen LogP contribution in [0.3, 0.4) is 0 Å². The second-order valence-electron chi connectivity index (χ2n) is 19.4. The van der Waals surface area contributed by atoms with Crippen molar-refractivity contribution in [2.24, 2.45) is 17.8 Å². The number of ketones is 1. The molecule has 0 spiro atoms. The maximum Gasteiger partial charge on any atom is 0.473 e. The summed E-state index contributed by atoms with van der Waals surface area (Å²) in [6, 6.07) is 0. The van der Waals surface area contributed by atoms with E-state index in [1.807, 2.05) is 0 Å². The number of ether oxygens (including phenoxy) is 9. The molecule has 0 aromatic rings. The van der Waals surface area contributed by atoms with E-state index in [0.29, 0.717) is 0 Å². The first-order valence-electron chi connectivity index (χ1n) is 27.7. The molecule has 678 valence electrons. The van der Waals surface area contributed by atoms with Crippen molar-refractivity contribution in [1.82, 2.24) is 0 Å². The normalized spacial score (nSPS) is 10.7. The Hall–Kier alpha value is -5.74. The van der Waals surface area contributed by atoms with E-state index >= 15 is 0 Å². The van der Waals surface area contributed by atoms with Gasteiger partial charge in [-0.05, 0) is 47.1 Å².